The Morgan fingerprint density at radius 2 is 1.64 bits per heavy atom. The topological polar surface area (TPSA) is 91.0 Å². The predicted molar refractivity (Wildman–Crippen MR) is 81.6 cm³/mol. The second kappa shape index (κ2) is 6.18. The minimum Gasteiger partial charge on any atom is -0.287 e. The number of carbonyl (C=O) groups excluding carboxylic acids is 3. The van der Waals surface area contributed by atoms with Crippen LogP contribution in [0.2, 0.25) is 0 Å². The van der Waals surface area contributed by atoms with Gasteiger partial charge in [0, 0.05) is 37.1 Å². The van der Waals surface area contributed by atoms with Gasteiger partial charge in [-0.1, -0.05) is 15.9 Å². The standard InChI is InChI=1S/C14H12BrN3O4/c1-8(19)17-11(7-15)12(18(9(2)20)14(17)22)13(21)10-3-5-16-6-4-10/h3-6H,7H2,1-2H3. The van der Waals surface area contributed by atoms with Crippen molar-refractivity contribution in [1.29, 1.82) is 0 Å². The molecule has 2 aromatic rings. The van der Waals surface area contributed by atoms with Crippen LogP contribution in [0.5, 0.6) is 0 Å². The summed E-state index contributed by atoms with van der Waals surface area (Å²) in [4.78, 5) is 52.2. The zero-order valence-electron chi connectivity index (χ0n) is 11.9. The summed E-state index contributed by atoms with van der Waals surface area (Å²) in [7, 11) is 0. The van der Waals surface area contributed by atoms with E-state index in [1.807, 2.05) is 0 Å². The highest BCUT2D eigenvalue weighted by molar-refractivity contribution is 9.08. The number of ketones is 1. The summed E-state index contributed by atoms with van der Waals surface area (Å²) in [5, 5.41) is 0.0776. The molecule has 7 nitrogen and oxygen atoms in total. The third kappa shape index (κ3) is 2.57. The van der Waals surface area contributed by atoms with E-state index in [2.05, 4.69) is 20.9 Å². The first-order chi connectivity index (χ1) is 10.4. The zero-order chi connectivity index (χ0) is 16.4. The van der Waals surface area contributed by atoms with Crippen LogP contribution in [0.3, 0.4) is 0 Å². The second-order valence-electron chi connectivity index (χ2n) is 4.49. The maximum Gasteiger partial charge on any atom is 0.342 e. The Bertz CT molecular complexity index is 821. The molecule has 2 rings (SSSR count). The molecule has 0 aromatic carbocycles. The molecule has 114 valence electrons. The van der Waals surface area contributed by atoms with Crippen LogP contribution in [-0.4, -0.2) is 31.7 Å². The van der Waals surface area contributed by atoms with Crippen LogP contribution in [0.25, 0.3) is 0 Å². The molecular weight excluding hydrogens is 354 g/mol. The van der Waals surface area contributed by atoms with Crippen LogP contribution in [-0.2, 0) is 5.33 Å². The number of rotatable bonds is 3. The summed E-state index contributed by atoms with van der Waals surface area (Å²) in [5.41, 5.74) is -0.537. The van der Waals surface area contributed by atoms with E-state index < -0.39 is 23.3 Å². The Morgan fingerprint density at radius 1 is 1.09 bits per heavy atom. The van der Waals surface area contributed by atoms with Crippen molar-refractivity contribution in [2.75, 3.05) is 0 Å². The van der Waals surface area contributed by atoms with E-state index in [-0.39, 0.29) is 22.3 Å². The van der Waals surface area contributed by atoms with Crippen molar-refractivity contribution in [2.24, 2.45) is 0 Å². The Kier molecular flexibility index (Phi) is 4.51. The molecule has 0 aliphatic carbocycles. The lowest BCUT2D eigenvalue weighted by molar-refractivity contribution is 0.0905. The number of nitrogens with zero attached hydrogens (tertiary/aromatic N) is 3. The number of carbonyl (C=O) groups is 3. The lowest BCUT2D eigenvalue weighted by atomic mass is 10.1. The number of alkyl halides is 1. The minimum absolute atomic E-state index is 0.0776. The summed E-state index contributed by atoms with van der Waals surface area (Å²) in [6, 6.07) is 2.95. The van der Waals surface area contributed by atoms with Crippen LogP contribution in [0.4, 0.5) is 0 Å². The lowest BCUT2D eigenvalue weighted by Gasteiger charge is -2.05. The monoisotopic (exact) mass is 365 g/mol. The summed E-state index contributed by atoms with van der Waals surface area (Å²) in [5.74, 6) is -1.73. The van der Waals surface area contributed by atoms with Gasteiger partial charge in [0.15, 0.2) is 0 Å². The molecule has 8 heteroatoms. The number of hydrogen-bond acceptors (Lipinski definition) is 5. The van der Waals surface area contributed by atoms with Crippen molar-refractivity contribution in [1.82, 2.24) is 14.1 Å². The number of hydrogen-bond donors (Lipinski definition) is 0. The Balaban J connectivity index is 2.82. The van der Waals surface area contributed by atoms with Gasteiger partial charge in [-0.25, -0.2) is 13.9 Å². The molecule has 0 unspecified atom stereocenters. The summed E-state index contributed by atoms with van der Waals surface area (Å²) >= 11 is 3.16. The van der Waals surface area contributed by atoms with Crippen molar-refractivity contribution in [2.45, 2.75) is 19.2 Å². The van der Waals surface area contributed by atoms with E-state index in [9.17, 15) is 19.2 Å². The lowest BCUT2D eigenvalue weighted by Crippen LogP contribution is -2.31. The minimum atomic E-state index is -0.841. The van der Waals surface area contributed by atoms with Crippen molar-refractivity contribution in [3.05, 3.63) is 52.0 Å². The van der Waals surface area contributed by atoms with Crippen molar-refractivity contribution < 1.29 is 14.4 Å². The third-order valence-electron chi connectivity index (χ3n) is 3.06. The van der Waals surface area contributed by atoms with Gasteiger partial charge in [-0.2, -0.15) is 0 Å². The van der Waals surface area contributed by atoms with Gasteiger partial charge >= 0.3 is 5.69 Å². The smallest absolute Gasteiger partial charge is 0.287 e. The van der Waals surface area contributed by atoms with Gasteiger partial charge in [-0.05, 0) is 12.1 Å². The number of halogens is 1. The quantitative estimate of drug-likeness (QED) is 0.606. The first-order valence-corrected chi connectivity index (χ1v) is 7.41. The fourth-order valence-electron chi connectivity index (χ4n) is 2.16. The predicted octanol–water partition coefficient (Wildman–Crippen LogP) is 1.49. The molecular formula is C14H12BrN3O4. The molecule has 0 saturated heterocycles. The van der Waals surface area contributed by atoms with Gasteiger partial charge in [0.1, 0.15) is 5.69 Å². The molecule has 0 fully saturated rings. The van der Waals surface area contributed by atoms with E-state index in [4.69, 9.17) is 0 Å². The molecule has 0 atom stereocenters. The Morgan fingerprint density at radius 3 is 2.09 bits per heavy atom. The van der Waals surface area contributed by atoms with Crippen LogP contribution >= 0.6 is 15.9 Å². The molecule has 0 aliphatic heterocycles. The molecule has 2 aromatic heterocycles. The SMILES string of the molecule is CC(=O)n1c(CBr)c(C(=O)c2ccncc2)n(C(C)=O)c1=O. The van der Waals surface area contributed by atoms with Gasteiger partial charge in [-0.3, -0.25) is 19.4 Å². The maximum atomic E-state index is 12.7. The highest BCUT2D eigenvalue weighted by Gasteiger charge is 2.28. The number of pyridine rings is 1. The summed E-state index contributed by atoms with van der Waals surface area (Å²) in [6.45, 7) is 2.35. The molecule has 0 N–H and O–H groups in total. The van der Waals surface area contributed by atoms with Crippen LogP contribution in [0, 0.1) is 0 Å². The molecule has 0 bridgehead atoms. The molecule has 0 aliphatic rings. The number of imidazole rings is 1. The average molecular weight is 366 g/mol. The van der Waals surface area contributed by atoms with Gasteiger partial charge in [0.05, 0.1) is 5.69 Å². The molecule has 0 radical (unpaired) electrons. The third-order valence-corrected chi connectivity index (χ3v) is 3.59. The molecule has 0 spiro atoms. The highest BCUT2D eigenvalue weighted by atomic mass is 79.9. The van der Waals surface area contributed by atoms with Crippen LogP contribution in [0.1, 0.15) is 45.2 Å². The van der Waals surface area contributed by atoms with Gasteiger partial charge < -0.3 is 0 Å². The van der Waals surface area contributed by atoms with E-state index in [0.29, 0.717) is 0 Å². The van der Waals surface area contributed by atoms with E-state index in [1.54, 1.807) is 0 Å². The molecule has 2 heterocycles. The van der Waals surface area contributed by atoms with Crippen molar-refractivity contribution in [3.63, 3.8) is 0 Å². The van der Waals surface area contributed by atoms with Crippen LogP contribution in [0.15, 0.2) is 29.3 Å². The highest BCUT2D eigenvalue weighted by Crippen LogP contribution is 2.17. The second-order valence-corrected chi connectivity index (χ2v) is 5.05. The molecule has 22 heavy (non-hydrogen) atoms. The summed E-state index contributed by atoms with van der Waals surface area (Å²) < 4.78 is 1.55. The summed E-state index contributed by atoms with van der Waals surface area (Å²) in [6.07, 6.45) is 2.86. The van der Waals surface area contributed by atoms with Gasteiger partial charge in [0.2, 0.25) is 17.6 Å². The molecule has 0 saturated carbocycles. The van der Waals surface area contributed by atoms with Gasteiger partial charge in [-0.15, -0.1) is 0 Å². The van der Waals surface area contributed by atoms with E-state index >= 15 is 0 Å². The van der Waals surface area contributed by atoms with Gasteiger partial charge in [0.25, 0.3) is 0 Å². The average Bonchev–Trinajstić information content (AvgIpc) is 2.80. The van der Waals surface area contributed by atoms with Crippen LogP contribution < -0.4 is 5.69 Å². The zero-order valence-corrected chi connectivity index (χ0v) is 13.5. The fourth-order valence-corrected chi connectivity index (χ4v) is 2.67. The van der Waals surface area contributed by atoms with Crippen molar-refractivity contribution in [3.8, 4) is 0 Å². The Labute approximate surface area is 133 Å². The first kappa shape index (κ1) is 16.0. The maximum absolute atomic E-state index is 12.7. The largest absolute Gasteiger partial charge is 0.342 e. The first-order valence-electron chi connectivity index (χ1n) is 6.29. The normalized spacial score (nSPS) is 10.5. The molecule has 0 amide bonds. The number of aromatic nitrogens is 3. The fraction of sp³-hybridized carbons (Fsp3) is 0.214. The van der Waals surface area contributed by atoms with E-state index in [0.717, 1.165) is 16.1 Å². The van der Waals surface area contributed by atoms with Crippen molar-refractivity contribution >= 4 is 33.5 Å². The van der Waals surface area contributed by atoms with E-state index in [1.165, 1.54) is 31.5 Å². The Hall–Kier alpha value is -2.35.